The molecule has 4 nitrogen and oxygen atoms in total. The number of carbonyl (C=O) groups excluding carboxylic acids is 1. The fourth-order valence-electron chi connectivity index (χ4n) is 1.64. The first-order chi connectivity index (χ1) is 8.65. The highest BCUT2D eigenvalue weighted by atomic mass is 16.5. The summed E-state index contributed by atoms with van der Waals surface area (Å²) in [5, 5.41) is 0. The maximum atomic E-state index is 11.8. The molecule has 100 valence electrons. The first kappa shape index (κ1) is 14.5. The number of rotatable bonds is 7. The molecule has 1 amide bonds. The number of amides is 1. The van der Waals surface area contributed by atoms with Gasteiger partial charge in [0.25, 0.3) is 0 Å². The number of hydrogen-bond acceptors (Lipinski definition) is 3. The van der Waals surface area contributed by atoms with Crippen LogP contribution in [0.15, 0.2) is 30.3 Å². The zero-order valence-corrected chi connectivity index (χ0v) is 11.1. The number of likely N-dealkylation sites (N-methyl/N-ethyl adjacent to an activating group) is 1. The highest BCUT2D eigenvalue weighted by Gasteiger charge is 2.16. The molecule has 0 saturated heterocycles. The lowest BCUT2D eigenvalue weighted by molar-refractivity contribution is -0.131. The Hall–Kier alpha value is -1.55. The summed E-state index contributed by atoms with van der Waals surface area (Å²) in [6.45, 7) is 3.04. The average molecular weight is 250 g/mol. The first-order valence-corrected chi connectivity index (χ1v) is 6.33. The predicted molar refractivity (Wildman–Crippen MR) is 72.5 cm³/mol. The largest absolute Gasteiger partial charge is 0.492 e. The van der Waals surface area contributed by atoms with Crippen LogP contribution in [0.4, 0.5) is 0 Å². The van der Waals surface area contributed by atoms with Crippen molar-refractivity contribution in [2.75, 3.05) is 20.2 Å². The van der Waals surface area contributed by atoms with Gasteiger partial charge in [-0.3, -0.25) is 4.79 Å². The Labute approximate surface area is 109 Å². The van der Waals surface area contributed by atoms with E-state index in [1.165, 1.54) is 0 Å². The highest BCUT2D eigenvalue weighted by molar-refractivity contribution is 5.81. The van der Waals surface area contributed by atoms with Crippen LogP contribution in [0.5, 0.6) is 5.75 Å². The Balaban J connectivity index is 2.28. The van der Waals surface area contributed by atoms with E-state index in [0.717, 1.165) is 18.6 Å². The van der Waals surface area contributed by atoms with Crippen molar-refractivity contribution < 1.29 is 9.53 Å². The highest BCUT2D eigenvalue weighted by Crippen LogP contribution is 2.08. The molecule has 0 saturated carbocycles. The van der Waals surface area contributed by atoms with E-state index in [-0.39, 0.29) is 5.91 Å². The second-order valence-corrected chi connectivity index (χ2v) is 4.32. The summed E-state index contributed by atoms with van der Waals surface area (Å²) >= 11 is 0. The lowest BCUT2D eigenvalue weighted by Crippen LogP contribution is -2.43. The Morgan fingerprint density at radius 1 is 1.39 bits per heavy atom. The van der Waals surface area contributed by atoms with Crippen LogP contribution in [0, 0.1) is 0 Å². The van der Waals surface area contributed by atoms with Gasteiger partial charge >= 0.3 is 0 Å². The van der Waals surface area contributed by atoms with E-state index < -0.39 is 6.04 Å². The van der Waals surface area contributed by atoms with E-state index in [1.807, 2.05) is 37.3 Å². The molecule has 1 atom stereocenters. The standard InChI is InChI=1S/C14H22N2O2/c1-3-7-13(15)14(17)16(2)10-11-18-12-8-5-4-6-9-12/h4-6,8-9,13H,3,7,10-11,15H2,1-2H3/t13-/m0/s1. The van der Waals surface area contributed by atoms with Gasteiger partial charge in [0.2, 0.25) is 5.91 Å². The van der Waals surface area contributed by atoms with Crippen molar-refractivity contribution in [1.29, 1.82) is 0 Å². The predicted octanol–water partition coefficient (Wildman–Crippen LogP) is 1.65. The van der Waals surface area contributed by atoms with E-state index in [0.29, 0.717) is 13.2 Å². The maximum Gasteiger partial charge on any atom is 0.239 e. The van der Waals surface area contributed by atoms with Gasteiger partial charge in [-0.05, 0) is 18.6 Å². The minimum Gasteiger partial charge on any atom is -0.492 e. The molecule has 0 aliphatic heterocycles. The number of ether oxygens (including phenoxy) is 1. The van der Waals surface area contributed by atoms with Gasteiger partial charge < -0.3 is 15.4 Å². The van der Waals surface area contributed by atoms with Crippen LogP contribution in [-0.4, -0.2) is 37.0 Å². The average Bonchev–Trinajstić information content (AvgIpc) is 2.39. The third-order valence-electron chi connectivity index (χ3n) is 2.73. The molecule has 0 bridgehead atoms. The molecule has 0 aliphatic carbocycles. The zero-order valence-electron chi connectivity index (χ0n) is 11.1. The third kappa shape index (κ3) is 4.75. The number of hydrogen-bond donors (Lipinski definition) is 1. The summed E-state index contributed by atoms with van der Waals surface area (Å²) in [5.74, 6) is 0.796. The van der Waals surface area contributed by atoms with Crippen LogP contribution in [0.1, 0.15) is 19.8 Å². The van der Waals surface area contributed by atoms with Gasteiger partial charge in [0.05, 0.1) is 12.6 Å². The van der Waals surface area contributed by atoms with Crippen molar-refractivity contribution >= 4 is 5.91 Å². The van der Waals surface area contributed by atoms with Crippen LogP contribution in [-0.2, 0) is 4.79 Å². The molecule has 0 aromatic heterocycles. The monoisotopic (exact) mass is 250 g/mol. The van der Waals surface area contributed by atoms with E-state index in [1.54, 1.807) is 11.9 Å². The molecular formula is C14H22N2O2. The summed E-state index contributed by atoms with van der Waals surface area (Å²) in [6, 6.07) is 9.17. The lowest BCUT2D eigenvalue weighted by atomic mass is 10.1. The van der Waals surface area contributed by atoms with Crippen LogP contribution >= 0.6 is 0 Å². The van der Waals surface area contributed by atoms with Gasteiger partial charge in [0.15, 0.2) is 0 Å². The van der Waals surface area contributed by atoms with Gasteiger partial charge in [-0.25, -0.2) is 0 Å². The number of carbonyl (C=O) groups is 1. The van der Waals surface area contributed by atoms with Crippen LogP contribution < -0.4 is 10.5 Å². The van der Waals surface area contributed by atoms with Crippen molar-refractivity contribution in [2.45, 2.75) is 25.8 Å². The Bertz CT molecular complexity index is 354. The van der Waals surface area contributed by atoms with Crippen molar-refractivity contribution in [1.82, 2.24) is 4.90 Å². The Kier molecular flexibility index (Phi) is 6.22. The van der Waals surface area contributed by atoms with Crippen LogP contribution in [0.2, 0.25) is 0 Å². The van der Waals surface area contributed by atoms with Gasteiger partial charge in [-0.2, -0.15) is 0 Å². The fourth-order valence-corrected chi connectivity index (χ4v) is 1.64. The van der Waals surface area contributed by atoms with E-state index in [4.69, 9.17) is 10.5 Å². The van der Waals surface area contributed by atoms with Crippen molar-refractivity contribution in [3.05, 3.63) is 30.3 Å². The van der Waals surface area contributed by atoms with Gasteiger partial charge in [-0.15, -0.1) is 0 Å². The molecule has 0 unspecified atom stereocenters. The molecule has 0 fully saturated rings. The van der Waals surface area contributed by atoms with Crippen molar-refractivity contribution in [2.24, 2.45) is 5.73 Å². The summed E-state index contributed by atoms with van der Waals surface area (Å²) in [5.41, 5.74) is 5.78. The molecule has 18 heavy (non-hydrogen) atoms. The number of nitrogens with two attached hydrogens (primary N) is 1. The fraction of sp³-hybridized carbons (Fsp3) is 0.500. The van der Waals surface area contributed by atoms with Gasteiger partial charge in [-0.1, -0.05) is 31.5 Å². The molecule has 1 aromatic carbocycles. The topological polar surface area (TPSA) is 55.6 Å². The number of benzene rings is 1. The molecular weight excluding hydrogens is 228 g/mol. The van der Waals surface area contributed by atoms with Gasteiger partial charge in [0, 0.05) is 7.05 Å². The molecule has 0 radical (unpaired) electrons. The number of nitrogens with zero attached hydrogens (tertiary/aromatic N) is 1. The minimum atomic E-state index is -0.392. The van der Waals surface area contributed by atoms with E-state index in [2.05, 4.69) is 0 Å². The Morgan fingerprint density at radius 2 is 2.06 bits per heavy atom. The molecule has 4 heteroatoms. The van der Waals surface area contributed by atoms with E-state index >= 15 is 0 Å². The normalized spacial score (nSPS) is 11.9. The molecule has 0 spiro atoms. The summed E-state index contributed by atoms with van der Waals surface area (Å²) < 4.78 is 5.53. The Morgan fingerprint density at radius 3 is 2.67 bits per heavy atom. The second-order valence-electron chi connectivity index (χ2n) is 4.32. The maximum absolute atomic E-state index is 11.8. The molecule has 0 heterocycles. The molecule has 2 N–H and O–H groups in total. The molecule has 1 aromatic rings. The van der Waals surface area contributed by atoms with Gasteiger partial charge in [0.1, 0.15) is 12.4 Å². The van der Waals surface area contributed by atoms with Crippen LogP contribution in [0.3, 0.4) is 0 Å². The van der Waals surface area contributed by atoms with Crippen molar-refractivity contribution in [3.63, 3.8) is 0 Å². The molecule has 1 rings (SSSR count). The summed E-state index contributed by atoms with van der Waals surface area (Å²) in [7, 11) is 1.76. The number of para-hydroxylation sites is 1. The van der Waals surface area contributed by atoms with Crippen LogP contribution in [0.25, 0.3) is 0 Å². The lowest BCUT2D eigenvalue weighted by Gasteiger charge is -2.21. The summed E-state index contributed by atoms with van der Waals surface area (Å²) in [6.07, 6.45) is 1.64. The quantitative estimate of drug-likeness (QED) is 0.800. The van der Waals surface area contributed by atoms with Crippen molar-refractivity contribution in [3.8, 4) is 5.75 Å². The first-order valence-electron chi connectivity index (χ1n) is 6.33. The third-order valence-corrected chi connectivity index (χ3v) is 2.73. The zero-order chi connectivity index (χ0) is 13.4. The smallest absolute Gasteiger partial charge is 0.239 e. The van der Waals surface area contributed by atoms with E-state index in [9.17, 15) is 4.79 Å². The molecule has 0 aliphatic rings. The SMILES string of the molecule is CCC[C@H](N)C(=O)N(C)CCOc1ccccc1. The summed E-state index contributed by atoms with van der Waals surface area (Å²) in [4.78, 5) is 13.4. The second kappa shape index (κ2) is 7.71. The minimum absolute atomic E-state index is 0.0199.